The Bertz CT molecular complexity index is 1150. The van der Waals surface area contributed by atoms with Crippen molar-refractivity contribution in [2.24, 2.45) is 0 Å². The lowest BCUT2D eigenvalue weighted by Gasteiger charge is -2.12. The van der Waals surface area contributed by atoms with Gasteiger partial charge in [0.2, 0.25) is 0 Å². The largest absolute Gasteiger partial charge is 0.497 e. The third-order valence-electron chi connectivity index (χ3n) is 4.03. The summed E-state index contributed by atoms with van der Waals surface area (Å²) >= 11 is 5.92. The summed E-state index contributed by atoms with van der Waals surface area (Å²) < 4.78 is 44.1. The molecule has 0 saturated carbocycles. The Balaban J connectivity index is 1.84. The summed E-state index contributed by atoms with van der Waals surface area (Å²) in [5, 5.41) is -0.257. The van der Waals surface area contributed by atoms with Crippen molar-refractivity contribution in [1.82, 2.24) is 10.3 Å². The van der Waals surface area contributed by atoms with Crippen LogP contribution in [0, 0.1) is 5.82 Å². The monoisotopic (exact) mass is 434 g/mol. The normalized spacial score (nSPS) is 11.1. The van der Waals surface area contributed by atoms with Gasteiger partial charge in [0.05, 0.1) is 22.6 Å². The van der Waals surface area contributed by atoms with Crippen LogP contribution in [-0.2, 0) is 10.0 Å². The predicted molar refractivity (Wildman–Crippen MR) is 108 cm³/mol. The number of nitrogens with one attached hydrogen (secondary N) is 2. The van der Waals surface area contributed by atoms with Gasteiger partial charge in [0.1, 0.15) is 5.75 Å². The average Bonchev–Trinajstić information content (AvgIpc) is 2.74. The number of ether oxygens (including phenoxy) is 1. The van der Waals surface area contributed by atoms with Crippen LogP contribution in [-0.4, -0.2) is 21.4 Å². The fourth-order valence-electron chi connectivity index (χ4n) is 2.56. The molecule has 0 bridgehead atoms. The van der Waals surface area contributed by atoms with Gasteiger partial charge in [-0.3, -0.25) is 10.2 Å². The average molecular weight is 435 g/mol. The molecule has 0 heterocycles. The van der Waals surface area contributed by atoms with Crippen LogP contribution in [0.4, 0.5) is 4.39 Å². The quantitative estimate of drug-likeness (QED) is 0.578. The molecule has 0 atom stereocenters. The number of sulfonamides is 1. The van der Waals surface area contributed by atoms with Gasteiger partial charge in [0.25, 0.3) is 15.9 Å². The number of halogens is 2. The topological polar surface area (TPSA) is 84.5 Å². The van der Waals surface area contributed by atoms with E-state index >= 15 is 0 Å². The van der Waals surface area contributed by atoms with E-state index in [0.717, 1.165) is 5.56 Å². The van der Waals surface area contributed by atoms with Crippen molar-refractivity contribution in [1.29, 1.82) is 0 Å². The molecule has 0 saturated heterocycles. The van der Waals surface area contributed by atoms with E-state index in [9.17, 15) is 17.6 Å². The second-order valence-electron chi connectivity index (χ2n) is 5.92. The second-order valence-corrected chi connectivity index (χ2v) is 8.01. The molecular weight excluding hydrogens is 419 g/mol. The van der Waals surface area contributed by atoms with Gasteiger partial charge >= 0.3 is 0 Å². The fourth-order valence-corrected chi connectivity index (χ4v) is 3.65. The fraction of sp³-hybridized carbons (Fsp3) is 0.0500. The van der Waals surface area contributed by atoms with Crippen LogP contribution < -0.4 is 15.0 Å². The highest BCUT2D eigenvalue weighted by molar-refractivity contribution is 7.89. The molecule has 0 aliphatic heterocycles. The summed E-state index contributed by atoms with van der Waals surface area (Å²) in [5.74, 6) is -1.62. The maximum atomic E-state index is 14.4. The van der Waals surface area contributed by atoms with Gasteiger partial charge in [0, 0.05) is 6.07 Å². The van der Waals surface area contributed by atoms with Gasteiger partial charge in [-0.2, -0.15) is 0 Å². The van der Waals surface area contributed by atoms with Crippen LogP contribution in [0.15, 0.2) is 71.6 Å². The van der Waals surface area contributed by atoms with E-state index in [2.05, 4.69) is 0 Å². The molecule has 0 unspecified atom stereocenters. The number of benzene rings is 3. The highest BCUT2D eigenvalue weighted by Crippen LogP contribution is 2.28. The number of methoxy groups -OCH3 is 1. The maximum absolute atomic E-state index is 14.4. The minimum Gasteiger partial charge on any atom is -0.497 e. The van der Waals surface area contributed by atoms with E-state index < -0.39 is 27.3 Å². The number of rotatable bonds is 6. The first-order chi connectivity index (χ1) is 13.8. The smallest absolute Gasteiger partial charge is 0.269 e. The van der Waals surface area contributed by atoms with Crippen molar-refractivity contribution in [3.8, 4) is 16.9 Å². The Kier molecular flexibility index (Phi) is 6.17. The van der Waals surface area contributed by atoms with E-state index in [1.165, 1.54) is 37.4 Å². The lowest BCUT2D eigenvalue weighted by molar-refractivity contribution is 0.0941. The van der Waals surface area contributed by atoms with Crippen LogP contribution in [0.2, 0.25) is 5.02 Å². The lowest BCUT2D eigenvalue weighted by atomic mass is 10.0. The summed E-state index contributed by atoms with van der Waals surface area (Å²) in [4.78, 5) is 14.2. The SMILES string of the molecule is COc1cccc(S(=O)(=O)NNC(=O)c2cc(-c3ccccc3)cc(Cl)c2F)c1. The summed E-state index contributed by atoms with van der Waals surface area (Å²) in [7, 11) is -2.70. The first-order valence-electron chi connectivity index (χ1n) is 8.32. The van der Waals surface area contributed by atoms with E-state index in [4.69, 9.17) is 16.3 Å². The van der Waals surface area contributed by atoms with Crippen molar-refractivity contribution in [3.05, 3.63) is 83.1 Å². The number of amides is 1. The Morgan fingerprint density at radius 3 is 2.41 bits per heavy atom. The molecule has 3 aromatic carbocycles. The molecule has 150 valence electrons. The third kappa shape index (κ3) is 4.73. The minimum atomic E-state index is -4.10. The maximum Gasteiger partial charge on any atom is 0.269 e. The number of hydrazine groups is 1. The first-order valence-corrected chi connectivity index (χ1v) is 10.2. The zero-order valence-corrected chi connectivity index (χ0v) is 16.7. The molecule has 1 amide bonds. The van der Waals surface area contributed by atoms with E-state index in [-0.39, 0.29) is 9.92 Å². The van der Waals surface area contributed by atoms with Crippen LogP contribution in [0.25, 0.3) is 11.1 Å². The zero-order chi connectivity index (χ0) is 21.0. The Hall–Kier alpha value is -2.94. The first kappa shape index (κ1) is 20.8. The molecule has 29 heavy (non-hydrogen) atoms. The summed E-state index contributed by atoms with van der Waals surface area (Å²) in [6, 6.07) is 17.3. The molecule has 3 rings (SSSR count). The van der Waals surface area contributed by atoms with Crippen molar-refractivity contribution in [3.63, 3.8) is 0 Å². The number of hydrogen-bond donors (Lipinski definition) is 2. The molecule has 9 heteroatoms. The van der Waals surface area contributed by atoms with Crippen LogP contribution in [0.3, 0.4) is 0 Å². The van der Waals surface area contributed by atoms with Crippen LogP contribution >= 0.6 is 11.6 Å². The standard InChI is InChI=1S/C20H16ClFN2O4S/c1-28-15-8-5-9-16(12-15)29(26,27)24-23-20(25)17-10-14(11-18(21)19(17)22)13-6-3-2-4-7-13/h2-12,24H,1H3,(H,23,25). The van der Waals surface area contributed by atoms with Gasteiger partial charge in [0.15, 0.2) is 5.82 Å². The number of carbonyl (C=O) groups excluding carboxylic acids is 1. The molecule has 0 aliphatic rings. The van der Waals surface area contributed by atoms with Crippen molar-refractivity contribution in [2.75, 3.05) is 7.11 Å². The molecule has 0 aliphatic carbocycles. The second kappa shape index (κ2) is 8.60. The van der Waals surface area contributed by atoms with E-state index in [1.807, 2.05) is 16.3 Å². The predicted octanol–water partition coefficient (Wildman–Crippen LogP) is 3.78. The molecule has 0 spiro atoms. The van der Waals surface area contributed by atoms with Gasteiger partial charge in [-0.15, -0.1) is 4.83 Å². The zero-order valence-electron chi connectivity index (χ0n) is 15.1. The molecule has 0 fully saturated rings. The number of hydrogen-bond acceptors (Lipinski definition) is 4. The van der Waals surface area contributed by atoms with Crippen molar-refractivity contribution >= 4 is 27.5 Å². The third-order valence-corrected chi connectivity index (χ3v) is 5.55. The van der Waals surface area contributed by atoms with Gasteiger partial charge in [-0.1, -0.05) is 48.0 Å². The van der Waals surface area contributed by atoms with Gasteiger partial charge in [-0.05, 0) is 35.4 Å². The molecule has 0 radical (unpaired) electrons. The molecule has 0 aromatic heterocycles. The van der Waals surface area contributed by atoms with Crippen LogP contribution in [0.5, 0.6) is 5.75 Å². The molecule has 2 N–H and O–H groups in total. The molecular formula is C20H16ClFN2O4S. The molecule has 3 aromatic rings. The van der Waals surface area contributed by atoms with Crippen molar-refractivity contribution in [2.45, 2.75) is 4.90 Å². The van der Waals surface area contributed by atoms with Crippen LogP contribution in [0.1, 0.15) is 10.4 Å². The van der Waals surface area contributed by atoms with Gasteiger partial charge in [-0.25, -0.2) is 12.8 Å². The summed E-state index contributed by atoms with van der Waals surface area (Å²) in [6.45, 7) is 0. The lowest BCUT2D eigenvalue weighted by Crippen LogP contribution is -2.41. The molecule has 6 nitrogen and oxygen atoms in total. The van der Waals surface area contributed by atoms with E-state index in [0.29, 0.717) is 11.3 Å². The Morgan fingerprint density at radius 2 is 1.72 bits per heavy atom. The van der Waals surface area contributed by atoms with Crippen molar-refractivity contribution < 1.29 is 22.3 Å². The van der Waals surface area contributed by atoms with Gasteiger partial charge < -0.3 is 4.74 Å². The number of carbonyl (C=O) groups is 1. The summed E-state index contributed by atoms with van der Waals surface area (Å²) in [5.41, 5.74) is 2.84. The van der Waals surface area contributed by atoms with E-state index in [1.54, 1.807) is 30.3 Å². The minimum absolute atomic E-state index is 0.131. The summed E-state index contributed by atoms with van der Waals surface area (Å²) in [6.07, 6.45) is 0. The Labute approximate surface area is 172 Å². The Morgan fingerprint density at radius 1 is 1.00 bits per heavy atom. The highest BCUT2D eigenvalue weighted by Gasteiger charge is 2.20. The highest BCUT2D eigenvalue weighted by atomic mass is 35.5.